The van der Waals surface area contributed by atoms with E-state index in [0.717, 1.165) is 0 Å². The molecule has 0 fully saturated rings. The normalized spacial score (nSPS) is 16.1. The zero-order chi connectivity index (χ0) is 32.2. The molecule has 0 saturated carbocycles. The molecule has 10 heteroatoms. The van der Waals surface area contributed by atoms with Gasteiger partial charge in [-0.25, -0.2) is 19.8 Å². The summed E-state index contributed by atoms with van der Waals surface area (Å²) in [6, 6.07) is 33.0. The fourth-order valence-corrected chi connectivity index (χ4v) is 5.55. The van der Waals surface area contributed by atoms with Crippen molar-refractivity contribution in [3.8, 4) is 11.5 Å². The van der Waals surface area contributed by atoms with Gasteiger partial charge in [-0.3, -0.25) is 9.59 Å². The summed E-state index contributed by atoms with van der Waals surface area (Å²) >= 11 is 11.8. The number of rotatable bonds is 6. The summed E-state index contributed by atoms with van der Waals surface area (Å²) in [5.41, 5.74) is 2.89. The minimum absolute atomic E-state index is 0.0680. The number of nitrogens with zero attached hydrogens (tertiary/aromatic N) is 4. The highest BCUT2D eigenvalue weighted by atomic mass is 32.1. The number of amides is 2. The molecule has 8 nitrogen and oxygen atoms in total. The second-order valence-electron chi connectivity index (χ2n) is 10.0. The zero-order valence-corrected chi connectivity index (χ0v) is 26.4. The first kappa shape index (κ1) is 30.4. The Morgan fingerprint density at radius 3 is 1.28 bits per heavy atom. The van der Waals surface area contributed by atoms with Crippen LogP contribution < -0.4 is 9.47 Å². The third kappa shape index (κ3) is 5.79. The van der Waals surface area contributed by atoms with Crippen LogP contribution in [0.25, 0.3) is 12.2 Å². The van der Waals surface area contributed by atoms with Crippen LogP contribution in [0.3, 0.4) is 0 Å². The molecular weight excluding hydrogens is 617 g/mol. The molecular formula is C36H26N4O4S2. The van der Waals surface area contributed by atoms with Gasteiger partial charge in [0.05, 0.1) is 14.2 Å². The van der Waals surface area contributed by atoms with Gasteiger partial charge in [-0.2, -0.15) is 0 Å². The molecule has 46 heavy (non-hydrogen) atoms. The van der Waals surface area contributed by atoms with Gasteiger partial charge < -0.3 is 9.47 Å². The highest BCUT2D eigenvalue weighted by Crippen LogP contribution is 2.30. The maximum absolute atomic E-state index is 14.1. The maximum atomic E-state index is 14.1. The largest absolute Gasteiger partial charge is 0.496 e. The van der Waals surface area contributed by atoms with E-state index in [2.05, 4.69) is 0 Å². The molecule has 2 heterocycles. The summed E-state index contributed by atoms with van der Waals surface area (Å²) < 4.78 is 11.0. The van der Waals surface area contributed by atoms with E-state index in [-0.39, 0.29) is 33.0 Å². The number of carbonyl (C=O) groups excluding carboxylic acids is 2. The number of benzene rings is 4. The molecule has 2 aliphatic heterocycles. The second kappa shape index (κ2) is 13.2. The van der Waals surface area contributed by atoms with Crippen molar-refractivity contribution >= 4 is 70.1 Å². The lowest BCUT2D eigenvalue weighted by Gasteiger charge is -2.25. The van der Waals surface area contributed by atoms with Gasteiger partial charge in [-0.15, -0.1) is 0 Å². The predicted molar refractivity (Wildman–Crippen MR) is 187 cm³/mol. The van der Waals surface area contributed by atoms with Crippen molar-refractivity contribution in [2.24, 2.45) is 9.98 Å². The van der Waals surface area contributed by atoms with Crippen molar-refractivity contribution in [1.82, 2.24) is 9.80 Å². The summed E-state index contributed by atoms with van der Waals surface area (Å²) in [6.45, 7) is 0. The van der Waals surface area contributed by atoms with Crippen LogP contribution in [0.1, 0.15) is 22.3 Å². The van der Waals surface area contributed by atoms with Gasteiger partial charge in [0, 0.05) is 22.3 Å². The highest BCUT2D eigenvalue weighted by molar-refractivity contribution is 7.89. The van der Waals surface area contributed by atoms with E-state index < -0.39 is 11.8 Å². The van der Waals surface area contributed by atoms with Gasteiger partial charge in [-0.1, -0.05) is 121 Å². The van der Waals surface area contributed by atoms with Gasteiger partial charge in [0.15, 0.2) is 9.98 Å². The summed E-state index contributed by atoms with van der Waals surface area (Å²) in [4.78, 5) is 39.9. The van der Waals surface area contributed by atoms with Crippen molar-refractivity contribution < 1.29 is 19.1 Å². The quantitative estimate of drug-likeness (QED) is 0.181. The van der Waals surface area contributed by atoms with Crippen LogP contribution in [0.4, 0.5) is 0 Å². The molecule has 2 aliphatic rings. The number of thiocarbonyl (C=S) groups is 2. The van der Waals surface area contributed by atoms with Crippen LogP contribution in [0.15, 0.2) is 131 Å². The number of aliphatic imine (C=N–C) groups is 2. The average molecular weight is 643 g/mol. The molecule has 2 amide bonds. The van der Waals surface area contributed by atoms with E-state index in [9.17, 15) is 9.59 Å². The van der Waals surface area contributed by atoms with E-state index in [4.69, 9.17) is 43.9 Å². The van der Waals surface area contributed by atoms with E-state index in [1.165, 1.54) is 9.80 Å². The molecule has 4 aromatic carbocycles. The third-order valence-corrected chi connectivity index (χ3v) is 8.12. The smallest absolute Gasteiger partial charge is 0.283 e. The van der Waals surface area contributed by atoms with E-state index in [0.29, 0.717) is 33.8 Å². The Labute approximate surface area is 276 Å². The van der Waals surface area contributed by atoms with Crippen molar-refractivity contribution in [3.05, 3.63) is 143 Å². The molecule has 0 bridgehead atoms. The molecule has 0 atom stereocenters. The lowest BCUT2D eigenvalue weighted by atomic mass is 10.1. The highest BCUT2D eigenvalue weighted by Gasteiger charge is 2.41. The van der Waals surface area contributed by atoms with Crippen LogP contribution in [-0.4, -0.2) is 57.5 Å². The Balaban J connectivity index is 1.41. The molecule has 0 aliphatic carbocycles. The van der Waals surface area contributed by atoms with Gasteiger partial charge in [0.25, 0.3) is 11.8 Å². The van der Waals surface area contributed by atoms with Crippen LogP contribution >= 0.6 is 24.4 Å². The molecule has 6 rings (SSSR count). The minimum atomic E-state index is -0.494. The first-order chi connectivity index (χ1) is 22.4. The molecule has 0 saturated heterocycles. The van der Waals surface area contributed by atoms with Gasteiger partial charge in [-0.05, 0) is 24.3 Å². The topological polar surface area (TPSA) is 83.8 Å². The van der Waals surface area contributed by atoms with E-state index in [1.807, 2.05) is 97.1 Å². The van der Waals surface area contributed by atoms with Crippen LogP contribution in [0, 0.1) is 0 Å². The van der Waals surface area contributed by atoms with Crippen molar-refractivity contribution in [2.75, 3.05) is 14.2 Å². The average Bonchev–Trinajstić information content (AvgIpc) is 3.60. The summed E-state index contributed by atoms with van der Waals surface area (Å²) in [6.07, 6.45) is 3.28. The standard InChI is InChI=1S/C36H26N4O4S2/c1-43-29-19-11-9-17-25(29)21-27-33(41)39(31(37-27)23-13-5-3-6-14-23)35(45)36(46)40-32(24-15-7-4-8-16-24)38-28(34(40)42)22-26-18-10-12-20-30(26)44-2/h3-22H,1-2H3/b27-21-,28-22+. The second-order valence-corrected chi connectivity index (χ2v) is 10.8. The maximum Gasteiger partial charge on any atom is 0.283 e. The number of ether oxygens (including phenoxy) is 2. The SMILES string of the molecule is COc1ccccc1/C=C1\N=C(c2ccccc2)N(C(=S)C(=S)N2C(=O)/C(=C\c3ccccc3OC)N=C2c2ccccc2)C1=O. The zero-order valence-electron chi connectivity index (χ0n) is 24.8. The summed E-state index contributed by atoms with van der Waals surface area (Å²) in [5, 5.41) is 0. The van der Waals surface area contributed by atoms with Gasteiger partial charge >= 0.3 is 0 Å². The van der Waals surface area contributed by atoms with Gasteiger partial charge in [0.1, 0.15) is 34.6 Å². The lowest BCUT2D eigenvalue weighted by molar-refractivity contribution is -0.121. The van der Waals surface area contributed by atoms with Crippen molar-refractivity contribution in [3.63, 3.8) is 0 Å². The molecule has 4 aromatic rings. The Kier molecular flexibility index (Phi) is 8.73. The van der Waals surface area contributed by atoms with Crippen LogP contribution in [0.2, 0.25) is 0 Å². The molecule has 0 N–H and O–H groups in total. The number of hydrogen-bond donors (Lipinski definition) is 0. The number of amidine groups is 2. The molecule has 0 aromatic heterocycles. The number of hydrogen-bond acceptors (Lipinski definition) is 8. The number of methoxy groups -OCH3 is 2. The van der Waals surface area contributed by atoms with E-state index in [1.54, 1.807) is 38.5 Å². The third-order valence-electron chi connectivity index (χ3n) is 7.24. The fraction of sp³-hybridized carbons (Fsp3) is 0.0556. The summed E-state index contributed by atoms with van der Waals surface area (Å²) in [7, 11) is 3.11. The van der Waals surface area contributed by atoms with Crippen LogP contribution in [-0.2, 0) is 9.59 Å². The minimum Gasteiger partial charge on any atom is -0.496 e. The number of para-hydroxylation sites is 2. The monoisotopic (exact) mass is 642 g/mol. The lowest BCUT2D eigenvalue weighted by Crippen LogP contribution is -2.49. The Bertz CT molecular complexity index is 1860. The fourth-order valence-electron chi connectivity index (χ4n) is 5.03. The Morgan fingerprint density at radius 1 is 0.565 bits per heavy atom. The Hall–Kier alpha value is -5.58. The van der Waals surface area contributed by atoms with Gasteiger partial charge in [0.2, 0.25) is 0 Å². The summed E-state index contributed by atoms with van der Waals surface area (Å²) in [5.74, 6) is 0.744. The molecule has 0 unspecified atom stereocenters. The van der Waals surface area contributed by atoms with Crippen molar-refractivity contribution in [2.45, 2.75) is 0 Å². The van der Waals surface area contributed by atoms with E-state index >= 15 is 0 Å². The van der Waals surface area contributed by atoms with Crippen LogP contribution in [0.5, 0.6) is 11.5 Å². The molecule has 0 spiro atoms. The molecule has 226 valence electrons. The van der Waals surface area contributed by atoms with Crippen molar-refractivity contribution in [1.29, 1.82) is 0 Å². The Morgan fingerprint density at radius 2 is 0.913 bits per heavy atom. The first-order valence-electron chi connectivity index (χ1n) is 14.2. The molecule has 0 radical (unpaired) electrons. The predicted octanol–water partition coefficient (Wildman–Crippen LogP) is 6.32. The number of carbonyl (C=O) groups is 2. The first-order valence-corrected chi connectivity index (χ1v) is 15.0.